The number of nitrogens with one attached hydrogen (secondary N) is 2. The van der Waals surface area contributed by atoms with Crippen molar-refractivity contribution in [3.63, 3.8) is 0 Å². The molecule has 0 bridgehead atoms. The third kappa shape index (κ3) is 9.18. The van der Waals surface area contributed by atoms with E-state index in [9.17, 15) is 0 Å². The van der Waals surface area contributed by atoms with Gasteiger partial charge in [0.2, 0.25) is 0 Å². The van der Waals surface area contributed by atoms with Crippen molar-refractivity contribution in [2.24, 2.45) is 4.99 Å². The highest BCUT2D eigenvalue weighted by molar-refractivity contribution is 14.0. The molecule has 0 unspecified atom stereocenters. The molecule has 0 spiro atoms. The van der Waals surface area contributed by atoms with Gasteiger partial charge in [0, 0.05) is 32.3 Å². The number of benzene rings is 1. The van der Waals surface area contributed by atoms with Crippen LogP contribution in [0.5, 0.6) is 5.75 Å². The molecule has 0 radical (unpaired) electrons. The average Bonchev–Trinajstić information content (AvgIpc) is 3.29. The SMILES string of the molecule is COc1ccc(CCNC(=NCCc2ccco2)NCCc2ccc(Cl)nc2)cc1.I. The van der Waals surface area contributed by atoms with E-state index >= 15 is 0 Å². The maximum Gasteiger partial charge on any atom is 0.191 e. The summed E-state index contributed by atoms with van der Waals surface area (Å²) < 4.78 is 10.6. The Kier molecular flexibility index (Phi) is 11.2. The lowest BCUT2D eigenvalue weighted by molar-refractivity contribution is 0.414. The number of rotatable bonds is 10. The van der Waals surface area contributed by atoms with Crippen LogP contribution in [0, 0.1) is 0 Å². The molecular weight excluding hydrogens is 527 g/mol. The van der Waals surface area contributed by atoms with Crippen LogP contribution < -0.4 is 15.4 Å². The van der Waals surface area contributed by atoms with Gasteiger partial charge in [0.1, 0.15) is 16.7 Å². The summed E-state index contributed by atoms with van der Waals surface area (Å²) >= 11 is 5.85. The molecule has 2 heterocycles. The number of methoxy groups -OCH3 is 1. The van der Waals surface area contributed by atoms with E-state index in [4.69, 9.17) is 20.8 Å². The van der Waals surface area contributed by atoms with Gasteiger partial charge in [-0.1, -0.05) is 29.8 Å². The summed E-state index contributed by atoms with van der Waals surface area (Å²) in [4.78, 5) is 8.80. The number of aliphatic imine (C=N–C) groups is 1. The van der Waals surface area contributed by atoms with E-state index in [1.807, 2.05) is 36.4 Å². The normalized spacial score (nSPS) is 11.0. The first kappa shape index (κ1) is 25.0. The van der Waals surface area contributed by atoms with E-state index in [1.54, 1.807) is 19.6 Å². The molecule has 0 saturated heterocycles. The predicted molar refractivity (Wildman–Crippen MR) is 136 cm³/mol. The molecule has 0 amide bonds. The van der Waals surface area contributed by atoms with Crippen molar-refractivity contribution in [1.29, 1.82) is 0 Å². The first-order chi connectivity index (χ1) is 14.7. The second-order valence-electron chi connectivity index (χ2n) is 6.75. The van der Waals surface area contributed by atoms with E-state index in [2.05, 4.69) is 32.7 Å². The molecule has 1 aromatic carbocycles. The minimum Gasteiger partial charge on any atom is -0.497 e. The highest BCUT2D eigenvalue weighted by atomic mass is 127. The average molecular weight is 555 g/mol. The highest BCUT2D eigenvalue weighted by Gasteiger charge is 2.02. The molecule has 0 aliphatic heterocycles. The van der Waals surface area contributed by atoms with Gasteiger partial charge in [-0.2, -0.15) is 0 Å². The van der Waals surface area contributed by atoms with E-state index < -0.39 is 0 Å². The highest BCUT2D eigenvalue weighted by Crippen LogP contribution is 2.11. The topological polar surface area (TPSA) is 71.7 Å². The molecule has 6 nitrogen and oxygen atoms in total. The standard InChI is InChI=1S/C23H27ClN4O2.HI/c1-29-20-7-4-18(5-8-20)10-13-25-23(27-15-12-21-3-2-16-30-21)26-14-11-19-6-9-22(24)28-17-19;/h2-9,16-17H,10-15H2,1H3,(H2,25,26,27);1H. The Balaban J connectivity index is 0.00000341. The lowest BCUT2D eigenvalue weighted by Gasteiger charge is -2.13. The Morgan fingerprint density at radius 1 is 1.00 bits per heavy atom. The molecule has 8 heteroatoms. The van der Waals surface area contributed by atoms with Gasteiger partial charge in [-0.3, -0.25) is 4.99 Å². The molecule has 2 N–H and O–H groups in total. The van der Waals surface area contributed by atoms with Crippen molar-refractivity contribution in [2.75, 3.05) is 26.7 Å². The number of pyridine rings is 1. The molecule has 2 aromatic heterocycles. The molecule has 0 atom stereocenters. The summed E-state index contributed by atoms with van der Waals surface area (Å²) in [5, 5.41) is 7.31. The van der Waals surface area contributed by atoms with Crippen LogP contribution in [0.3, 0.4) is 0 Å². The maximum atomic E-state index is 5.85. The summed E-state index contributed by atoms with van der Waals surface area (Å²) in [5.74, 6) is 2.59. The number of guanidine groups is 1. The number of halogens is 2. The van der Waals surface area contributed by atoms with E-state index in [1.165, 1.54) is 5.56 Å². The van der Waals surface area contributed by atoms with Gasteiger partial charge in [0.15, 0.2) is 5.96 Å². The van der Waals surface area contributed by atoms with Crippen molar-refractivity contribution in [1.82, 2.24) is 15.6 Å². The zero-order valence-corrected chi connectivity index (χ0v) is 20.6. The zero-order chi connectivity index (χ0) is 21.0. The van der Waals surface area contributed by atoms with Gasteiger partial charge in [-0.15, -0.1) is 24.0 Å². The fourth-order valence-electron chi connectivity index (χ4n) is 2.90. The van der Waals surface area contributed by atoms with Crippen molar-refractivity contribution in [3.8, 4) is 5.75 Å². The second kappa shape index (κ2) is 13.9. The Hall–Kier alpha value is -2.26. The van der Waals surface area contributed by atoms with Crippen molar-refractivity contribution < 1.29 is 9.15 Å². The minimum absolute atomic E-state index is 0. The quantitative estimate of drug-likeness (QED) is 0.167. The van der Waals surface area contributed by atoms with Crippen LogP contribution in [-0.4, -0.2) is 37.7 Å². The Bertz CT molecular complexity index is 900. The molecule has 31 heavy (non-hydrogen) atoms. The van der Waals surface area contributed by atoms with Crippen LogP contribution in [-0.2, 0) is 19.3 Å². The van der Waals surface area contributed by atoms with Gasteiger partial charge in [0.05, 0.1) is 13.4 Å². The third-order valence-corrected chi connectivity index (χ3v) is 4.79. The number of nitrogens with zero attached hydrogens (tertiary/aromatic N) is 2. The smallest absolute Gasteiger partial charge is 0.191 e. The van der Waals surface area contributed by atoms with E-state index in [-0.39, 0.29) is 24.0 Å². The molecule has 0 aliphatic carbocycles. The van der Waals surface area contributed by atoms with Crippen LogP contribution >= 0.6 is 35.6 Å². The second-order valence-corrected chi connectivity index (χ2v) is 7.14. The van der Waals surface area contributed by atoms with E-state index in [0.717, 1.165) is 55.4 Å². The summed E-state index contributed by atoms with van der Waals surface area (Å²) in [6.45, 7) is 2.17. The minimum atomic E-state index is 0. The number of hydrogen-bond acceptors (Lipinski definition) is 4. The monoisotopic (exact) mass is 554 g/mol. The fourth-order valence-corrected chi connectivity index (χ4v) is 3.02. The van der Waals surface area contributed by atoms with Gasteiger partial charge in [-0.05, 0) is 54.3 Å². The van der Waals surface area contributed by atoms with Gasteiger partial charge < -0.3 is 19.8 Å². The predicted octanol–water partition coefficient (Wildman–Crippen LogP) is 4.52. The van der Waals surface area contributed by atoms with Crippen molar-refractivity contribution >= 4 is 41.5 Å². The summed E-state index contributed by atoms with van der Waals surface area (Å²) in [7, 11) is 1.67. The summed E-state index contributed by atoms with van der Waals surface area (Å²) in [6, 6.07) is 15.8. The Labute approximate surface area is 205 Å². The molecular formula is C23H28ClIN4O2. The van der Waals surface area contributed by atoms with Crippen molar-refractivity contribution in [3.05, 3.63) is 83.0 Å². The van der Waals surface area contributed by atoms with Crippen LogP contribution in [0.2, 0.25) is 5.15 Å². The van der Waals surface area contributed by atoms with Crippen LogP contribution in [0.25, 0.3) is 0 Å². The molecule has 166 valence electrons. The molecule has 0 saturated carbocycles. The van der Waals surface area contributed by atoms with E-state index in [0.29, 0.717) is 11.7 Å². The number of aromatic nitrogens is 1. The number of furan rings is 1. The van der Waals surface area contributed by atoms with Crippen LogP contribution in [0.1, 0.15) is 16.9 Å². The third-order valence-electron chi connectivity index (χ3n) is 4.57. The fraction of sp³-hybridized carbons (Fsp3) is 0.304. The number of ether oxygens (including phenoxy) is 1. The molecule has 3 aromatic rings. The van der Waals surface area contributed by atoms with Gasteiger partial charge in [-0.25, -0.2) is 4.98 Å². The lowest BCUT2D eigenvalue weighted by Crippen LogP contribution is -2.39. The molecule has 0 fully saturated rings. The van der Waals surface area contributed by atoms with Crippen LogP contribution in [0.15, 0.2) is 70.4 Å². The first-order valence-electron chi connectivity index (χ1n) is 10.0. The number of hydrogen-bond donors (Lipinski definition) is 2. The first-order valence-corrected chi connectivity index (χ1v) is 10.4. The largest absolute Gasteiger partial charge is 0.497 e. The maximum absolute atomic E-state index is 5.85. The lowest BCUT2D eigenvalue weighted by atomic mass is 10.1. The molecule has 3 rings (SSSR count). The van der Waals surface area contributed by atoms with Crippen molar-refractivity contribution in [2.45, 2.75) is 19.3 Å². The van der Waals surface area contributed by atoms with Gasteiger partial charge >= 0.3 is 0 Å². The summed E-state index contributed by atoms with van der Waals surface area (Å²) in [6.07, 6.45) is 5.98. The van der Waals surface area contributed by atoms with Gasteiger partial charge in [0.25, 0.3) is 0 Å². The Morgan fingerprint density at radius 2 is 1.71 bits per heavy atom. The molecule has 0 aliphatic rings. The Morgan fingerprint density at radius 3 is 2.32 bits per heavy atom. The van der Waals surface area contributed by atoms with Crippen LogP contribution in [0.4, 0.5) is 0 Å². The zero-order valence-electron chi connectivity index (χ0n) is 17.5. The summed E-state index contributed by atoms with van der Waals surface area (Å²) in [5.41, 5.74) is 2.37.